The van der Waals surface area contributed by atoms with Gasteiger partial charge in [0.05, 0.1) is 0 Å². The Morgan fingerprint density at radius 1 is 1.21 bits per heavy atom. The third-order valence-electron chi connectivity index (χ3n) is 3.72. The molecule has 0 aromatic rings. The predicted octanol–water partition coefficient (Wildman–Crippen LogP) is 1.61. The van der Waals surface area contributed by atoms with E-state index in [9.17, 15) is 4.79 Å². The second-order valence-electron chi connectivity index (χ2n) is 6.81. The van der Waals surface area contributed by atoms with Crippen LogP contribution in [0.25, 0.3) is 0 Å². The van der Waals surface area contributed by atoms with Crippen molar-refractivity contribution in [3.63, 3.8) is 0 Å². The predicted molar refractivity (Wildman–Crippen MR) is 80.2 cm³/mol. The van der Waals surface area contributed by atoms with Crippen molar-refractivity contribution in [1.82, 2.24) is 15.5 Å². The first-order chi connectivity index (χ1) is 8.87. The van der Waals surface area contributed by atoms with Gasteiger partial charge < -0.3 is 15.5 Å². The van der Waals surface area contributed by atoms with E-state index in [0.717, 1.165) is 25.4 Å². The van der Waals surface area contributed by atoms with Gasteiger partial charge in [-0.05, 0) is 66.1 Å². The van der Waals surface area contributed by atoms with Crippen LogP contribution >= 0.6 is 0 Å². The highest BCUT2D eigenvalue weighted by molar-refractivity contribution is 5.76. The number of hydrogen-bond donors (Lipinski definition) is 2. The van der Waals surface area contributed by atoms with Gasteiger partial charge in [0, 0.05) is 25.0 Å². The third kappa shape index (κ3) is 8.22. The fourth-order valence-electron chi connectivity index (χ4n) is 2.41. The molecule has 4 nitrogen and oxygen atoms in total. The van der Waals surface area contributed by atoms with Crippen LogP contribution in [-0.2, 0) is 4.79 Å². The van der Waals surface area contributed by atoms with Gasteiger partial charge >= 0.3 is 0 Å². The smallest absolute Gasteiger partial charge is 0.221 e. The molecule has 4 heteroatoms. The molecule has 0 unspecified atom stereocenters. The number of likely N-dealkylation sites (tertiary alicyclic amines) is 1. The zero-order valence-electron chi connectivity index (χ0n) is 13.1. The van der Waals surface area contributed by atoms with Crippen LogP contribution in [0, 0.1) is 5.92 Å². The van der Waals surface area contributed by atoms with Crippen molar-refractivity contribution >= 4 is 5.91 Å². The minimum absolute atomic E-state index is 0.0917. The number of amides is 1. The largest absolute Gasteiger partial charge is 0.356 e. The number of rotatable bonds is 6. The van der Waals surface area contributed by atoms with E-state index in [1.165, 1.54) is 25.9 Å². The summed E-state index contributed by atoms with van der Waals surface area (Å²) in [4.78, 5) is 14.0. The summed E-state index contributed by atoms with van der Waals surface area (Å²) < 4.78 is 0. The Morgan fingerprint density at radius 2 is 1.84 bits per heavy atom. The summed E-state index contributed by atoms with van der Waals surface area (Å²) in [6.07, 6.45) is 4.26. The van der Waals surface area contributed by atoms with Gasteiger partial charge in [-0.25, -0.2) is 0 Å². The molecule has 112 valence electrons. The van der Waals surface area contributed by atoms with Crippen molar-refractivity contribution in [1.29, 1.82) is 0 Å². The quantitative estimate of drug-likeness (QED) is 0.770. The molecule has 0 aromatic carbocycles. The average molecular weight is 269 g/mol. The molecule has 19 heavy (non-hydrogen) atoms. The first-order valence-electron chi connectivity index (χ1n) is 7.57. The van der Waals surface area contributed by atoms with E-state index < -0.39 is 0 Å². The van der Waals surface area contributed by atoms with Crippen LogP contribution in [-0.4, -0.2) is 49.6 Å². The average Bonchev–Trinajstić information content (AvgIpc) is 2.30. The lowest BCUT2D eigenvalue weighted by Crippen LogP contribution is -2.39. The van der Waals surface area contributed by atoms with E-state index in [0.29, 0.717) is 6.42 Å². The SMILES string of the molecule is CN1CCC(CCNC(=O)CCNC(C)(C)C)CC1. The summed E-state index contributed by atoms with van der Waals surface area (Å²) in [7, 11) is 2.18. The minimum Gasteiger partial charge on any atom is -0.356 e. The Hall–Kier alpha value is -0.610. The van der Waals surface area contributed by atoms with Gasteiger partial charge in [-0.1, -0.05) is 0 Å². The Morgan fingerprint density at radius 3 is 2.42 bits per heavy atom. The van der Waals surface area contributed by atoms with E-state index in [1.54, 1.807) is 0 Å². The molecular formula is C15H31N3O. The lowest BCUT2D eigenvalue weighted by Gasteiger charge is -2.28. The maximum absolute atomic E-state index is 11.7. The summed E-state index contributed by atoms with van der Waals surface area (Å²) >= 11 is 0. The molecule has 1 heterocycles. The summed E-state index contributed by atoms with van der Waals surface area (Å²) in [5.74, 6) is 0.967. The second-order valence-corrected chi connectivity index (χ2v) is 6.81. The summed E-state index contributed by atoms with van der Waals surface area (Å²) in [6, 6.07) is 0. The van der Waals surface area contributed by atoms with Gasteiger partial charge in [0.1, 0.15) is 0 Å². The Balaban J connectivity index is 2.01. The molecule has 0 spiro atoms. The normalized spacial score (nSPS) is 18.5. The lowest BCUT2D eigenvalue weighted by molar-refractivity contribution is -0.121. The van der Waals surface area contributed by atoms with Crippen LogP contribution < -0.4 is 10.6 Å². The lowest BCUT2D eigenvalue weighted by atomic mass is 9.94. The first-order valence-corrected chi connectivity index (χ1v) is 7.57. The van der Waals surface area contributed by atoms with Crippen molar-refractivity contribution in [2.45, 2.75) is 52.0 Å². The molecule has 1 fully saturated rings. The summed E-state index contributed by atoms with van der Waals surface area (Å²) in [6.45, 7) is 10.3. The van der Waals surface area contributed by atoms with E-state index in [1.807, 2.05) is 0 Å². The zero-order valence-corrected chi connectivity index (χ0v) is 13.1. The van der Waals surface area contributed by atoms with Gasteiger partial charge in [0.15, 0.2) is 0 Å². The number of piperidine rings is 1. The van der Waals surface area contributed by atoms with Crippen LogP contribution in [0.3, 0.4) is 0 Å². The van der Waals surface area contributed by atoms with Gasteiger partial charge in [-0.15, -0.1) is 0 Å². The van der Waals surface area contributed by atoms with Crippen LogP contribution in [0.5, 0.6) is 0 Å². The number of nitrogens with zero attached hydrogens (tertiary/aromatic N) is 1. The van der Waals surface area contributed by atoms with Gasteiger partial charge in [-0.3, -0.25) is 4.79 Å². The fraction of sp³-hybridized carbons (Fsp3) is 0.933. The molecule has 1 saturated heterocycles. The number of hydrogen-bond acceptors (Lipinski definition) is 3. The van der Waals surface area contributed by atoms with Gasteiger partial charge in [0.2, 0.25) is 5.91 Å². The van der Waals surface area contributed by atoms with E-state index in [-0.39, 0.29) is 11.4 Å². The van der Waals surface area contributed by atoms with Crippen LogP contribution in [0.1, 0.15) is 46.5 Å². The van der Waals surface area contributed by atoms with Crippen LogP contribution in [0.2, 0.25) is 0 Å². The Labute approximate surface area is 118 Å². The van der Waals surface area contributed by atoms with Crippen molar-refractivity contribution in [3.8, 4) is 0 Å². The third-order valence-corrected chi connectivity index (χ3v) is 3.72. The Bertz CT molecular complexity index is 265. The fourth-order valence-corrected chi connectivity index (χ4v) is 2.41. The number of nitrogens with one attached hydrogen (secondary N) is 2. The second kappa shape index (κ2) is 7.85. The molecule has 0 radical (unpaired) electrons. The standard InChI is InChI=1S/C15H31N3O/c1-15(2,3)17-10-6-14(19)16-9-5-13-7-11-18(4)12-8-13/h13,17H,5-12H2,1-4H3,(H,16,19). The molecule has 0 atom stereocenters. The Kier molecular flexibility index (Phi) is 6.80. The van der Waals surface area contributed by atoms with E-state index in [4.69, 9.17) is 0 Å². The molecule has 1 aliphatic heterocycles. The zero-order chi connectivity index (χ0) is 14.3. The van der Waals surface area contributed by atoms with Crippen LogP contribution in [0.4, 0.5) is 0 Å². The molecule has 0 aliphatic carbocycles. The highest BCUT2D eigenvalue weighted by Gasteiger charge is 2.16. The molecule has 0 saturated carbocycles. The highest BCUT2D eigenvalue weighted by Crippen LogP contribution is 2.18. The van der Waals surface area contributed by atoms with Crippen LogP contribution in [0.15, 0.2) is 0 Å². The maximum Gasteiger partial charge on any atom is 0.221 e. The molecule has 0 aromatic heterocycles. The topological polar surface area (TPSA) is 44.4 Å². The molecule has 0 bridgehead atoms. The minimum atomic E-state index is 0.0917. The summed E-state index contributed by atoms with van der Waals surface area (Å²) in [5.41, 5.74) is 0.0917. The van der Waals surface area contributed by atoms with E-state index in [2.05, 4.69) is 43.4 Å². The van der Waals surface area contributed by atoms with E-state index >= 15 is 0 Å². The highest BCUT2D eigenvalue weighted by atomic mass is 16.1. The monoisotopic (exact) mass is 269 g/mol. The van der Waals surface area contributed by atoms with Crippen molar-refractivity contribution in [2.24, 2.45) is 5.92 Å². The molecule has 1 rings (SSSR count). The maximum atomic E-state index is 11.7. The molecular weight excluding hydrogens is 238 g/mol. The number of carbonyl (C=O) groups excluding carboxylic acids is 1. The van der Waals surface area contributed by atoms with Gasteiger partial charge in [0.25, 0.3) is 0 Å². The first kappa shape index (κ1) is 16.4. The summed E-state index contributed by atoms with van der Waals surface area (Å²) in [5, 5.41) is 6.37. The van der Waals surface area contributed by atoms with Crippen molar-refractivity contribution < 1.29 is 4.79 Å². The molecule has 1 aliphatic rings. The van der Waals surface area contributed by atoms with Gasteiger partial charge in [-0.2, -0.15) is 0 Å². The van der Waals surface area contributed by atoms with Crippen molar-refractivity contribution in [2.75, 3.05) is 33.2 Å². The number of carbonyl (C=O) groups is 1. The van der Waals surface area contributed by atoms with Crippen molar-refractivity contribution in [3.05, 3.63) is 0 Å². The molecule has 1 amide bonds. The molecule has 2 N–H and O–H groups in total.